The minimum Gasteiger partial charge on any atom is -0.437 e. The average Bonchev–Trinajstić information content (AvgIpc) is 2.64. The van der Waals surface area contributed by atoms with Crippen molar-refractivity contribution in [1.29, 1.82) is 0 Å². The molecule has 3 aromatic rings. The Balaban J connectivity index is 2.36. The van der Waals surface area contributed by atoms with Crippen molar-refractivity contribution in [3.63, 3.8) is 0 Å². The van der Waals surface area contributed by atoms with Crippen LogP contribution in [0.3, 0.4) is 0 Å². The van der Waals surface area contributed by atoms with Gasteiger partial charge in [-0.3, -0.25) is 4.98 Å². The lowest BCUT2D eigenvalue weighted by Gasteiger charge is -2.03. The van der Waals surface area contributed by atoms with Gasteiger partial charge in [0.15, 0.2) is 5.58 Å². The first-order valence-corrected chi connectivity index (χ1v) is 5.31. The van der Waals surface area contributed by atoms with Crippen molar-refractivity contribution in [1.82, 2.24) is 9.97 Å². The first kappa shape index (κ1) is 11.4. The van der Waals surface area contributed by atoms with Crippen molar-refractivity contribution in [2.24, 2.45) is 0 Å². The first-order valence-electron chi connectivity index (χ1n) is 5.31. The van der Waals surface area contributed by atoms with E-state index in [4.69, 9.17) is 15.9 Å². The van der Waals surface area contributed by atoms with Gasteiger partial charge >= 0.3 is 0 Å². The fourth-order valence-electron chi connectivity index (χ4n) is 1.93. The summed E-state index contributed by atoms with van der Waals surface area (Å²) in [6, 6.07) is 2.17. The molecule has 3 rings (SSSR count). The highest BCUT2D eigenvalue weighted by Gasteiger charge is 2.15. The van der Waals surface area contributed by atoms with E-state index in [-0.39, 0.29) is 17.1 Å². The predicted octanol–water partition coefficient (Wildman–Crippen LogP) is 2.33. The topological polar surface area (TPSA) is 91.0 Å². The van der Waals surface area contributed by atoms with Crippen LogP contribution in [0.4, 0.5) is 20.4 Å². The Bertz CT molecular complexity index is 764. The van der Waals surface area contributed by atoms with Gasteiger partial charge in [0.25, 0.3) is 0 Å². The molecule has 0 spiro atoms. The Hall–Kier alpha value is -2.70. The van der Waals surface area contributed by atoms with E-state index < -0.39 is 11.9 Å². The minimum atomic E-state index is -0.929. The van der Waals surface area contributed by atoms with Crippen LogP contribution in [-0.4, -0.2) is 9.97 Å². The molecule has 0 aliphatic carbocycles. The number of pyridine rings is 2. The van der Waals surface area contributed by atoms with Gasteiger partial charge in [-0.2, -0.15) is 13.8 Å². The van der Waals surface area contributed by atoms with Gasteiger partial charge in [0.1, 0.15) is 5.69 Å². The molecule has 0 aliphatic heterocycles. The number of rotatable bonds is 1. The van der Waals surface area contributed by atoms with Gasteiger partial charge in [0.2, 0.25) is 17.8 Å². The zero-order chi connectivity index (χ0) is 13.6. The van der Waals surface area contributed by atoms with Crippen LogP contribution in [0.15, 0.2) is 28.9 Å². The molecule has 0 saturated carbocycles. The standard InChI is InChI=1S/C12H8F2N4O/c13-8-1-5(2-9(14)18-8)6-3-17-4-7-10(6)11(15)12(16)19-7/h1-4H,15-16H2. The van der Waals surface area contributed by atoms with Crippen LogP contribution in [0.5, 0.6) is 0 Å². The summed E-state index contributed by atoms with van der Waals surface area (Å²) in [6.07, 6.45) is 2.86. The van der Waals surface area contributed by atoms with Crippen molar-refractivity contribution in [3.8, 4) is 11.1 Å². The minimum absolute atomic E-state index is 0.0410. The SMILES string of the molecule is Nc1oc2cncc(-c3cc(F)nc(F)c3)c2c1N. The zero-order valence-electron chi connectivity index (χ0n) is 9.52. The zero-order valence-corrected chi connectivity index (χ0v) is 9.52. The number of fused-ring (bicyclic) bond motifs is 1. The van der Waals surface area contributed by atoms with Crippen LogP contribution in [0.2, 0.25) is 0 Å². The fourth-order valence-corrected chi connectivity index (χ4v) is 1.93. The smallest absolute Gasteiger partial charge is 0.216 e. The molecule has 0 fully saturated rings. The predicted molar refractivity (Wildman–Crippen MR) is 66.0 cm³/mol. The van der Waals surface area contributed by atoms with Gasteiger partial charge in [-0.1, -0.05) is 0 Å². The van der Waals surface area contributed by atoms with Crippen molar-refractivity contribution in [2.45, 2.75) is 0 Å². The Morgan fingerprint density at radius 1 is 1.05 bits per heavy atom. The number of nitrogen functional groups attached to an aromatic ring is 2. The molecule has 0 bridgehead atoms. The summed E-state index contributed by atoms with van der Waals surface area (Å²) in [5, 5.41) is 0.470. The summed E-state index contributed by atoms with van der Waals surface area (Å²) in [4.78, 5) is 6.97. The average molecular weight is 262 g/mol. The molecule has 0 aromatic carbocycles. The van der Waals surface area contributed by atoms with E-state index in [2.05, 4.69) is 9.97 Å². The number of nitrogens with zero attached hydrogens (tertiary/aromatic N) is 2. The maximum Gasteiger partial charge on any atom is 0.216 e. The van der Waals surface area contributed by atoms with Gasteiger partial charge in [0.05, 0.1) is 11.6 Å². The number of hydrogen-bond acceptors (Lipinski definition) is 5. The molecule has 3 aromatic heterocycles. The van der Waals surface area contributed by atoms with Crippen LogP contribution in [0.25, 0.3) is 22.1 Å². The summed E-state index contributed by atoms with van der Waals surface area (Å²) in [7, 11) is 0. The molecule has 96 valence electrons. The van der Waals surface area contributed by atoms with E-state index in [0.29, 0.717) is 16.5 Å². The second kappa shape index (κ2) is 3.91. The summed E-state index contributed by atoms with van der Waals surface area (Å²) in [5.41, 5.74) is 12.6. The maximum absolute atomic E-state index is 13.2. The van der Waals surface area contributed by atoms with Crippen molar-refractivity contribution < 1.29 is 13.2 Å². The molecule has 0 amide bonds. The molecular weight excluding hydrogens is 254 g/mol. The number of furan rings is 1. The monoisotopic (exact) mass is 262 g/mol. The van der Waals surface area contributed by atoms with E-state index in [1.54, 1.807) is 0 Å². The first-order chi connectivity index (χ1) is 9.06. The van der Waals surface area contributed by atoms with Crippen LogP contribution in [0.1, 0.15) is 0 Å². The molecule has 5 nitrogen and oxygen atoms in total. The number of nitrogens with two attached hydrogens (primary N) is 2. The lowest BCUT2D eigenvalue weighted by Crippen LogP contribution is -1.93. The van der Waals surface area contributed by atoms with E-state index >= 15 is 0 Å². The third kappa shape index (κ3) is 1.75. The highest BCUT2D eigenvalue weighted by molar-refractivity contribution is 6.04. The van der Waals surface area contributed by atoms with Gasteiger partial charge in [-0.25, -0.2) is 0 Å². The van der Waals surface area contributed by atoms with Crippen molar-refractivity contribution >= 4 is 22.5 Å². The van der Waals surface area contributed by atoms with Crippen LogP contribution >= 0.6 is 0 Å². The fraction of sp³-hybridized carbons (Fsp3) is 0. The van der Waals surface area contributed by atoms with Gasteiger partial charge < -0.3 is 15.9 Å². The maximum atomic E-state index is 13.2. The molecule has 0 unspecified atom stereocenters. The van der Waals surface area contributed by atoms with E-state index in [0.717, 1.165) is 12.1 Å². The number of hydrogen-bond donors (Lipinski definition) is 2. The molecule has 0 saturated heterocycles. The Kier molecular flexibility index (Phi) is 2.34. The number of aromatic nitrogens is 2. The quantitative estimate of drug-likeness (QED) is 0.657. The molecule has 19 heavy (non-hydrogen) atoms. The molecule has 0 radical (unpaired) electrons. The Morgan fingerprint density at radius 2 is 1.74 bits per heavy atom. The summed E-state index contributed by atoms with van der Waals surface area (Å²) < 4.78 is 31.5. The number of anilines is 2. The summed E-state index contributed by atoms with van der Waals surface area (Å²) in [5.74, 6) is -1.82. The van der Waals surface area contributed by atoms with Crippen LogP contribution in [0, 0.1) is 11.9 Å². The molecular formula is C12H8F2N4O. The highest BCUT2D eigenvalue weighted by Crippen LogP contribution is 2.37. The molecule has 4 N–H and O–H groups in total. The van der Waals surface area contributed by atoms with Crippen LogP contribution in [-0.2, 0) is 0 Å². The Labute approximate surface area is 105 Å². The Morgan fingerprint density at radius 3 is 2.42 bits per heavy atom. The van der Waals surface area contributed by atoms with Crippen molar-refractivity contribution in [3.05, 3.63) is 36.4 Å². The normalized spacial score (nSPS) is 11.1. The number of halogens is 2. The molecule has 3 heterocycles. The lowest BCUT2D eigenvalue weighted by molar-refractivity contribution is 0.513. The second-order valence-electron chi connectivity index (χ2n) is 3.94. The van der Waals surface area contributed by atoms with Gasteiger partial charge in [-0.15, -0.1) is 0 Å². The molecule has 0 atom stereocenters. The summed E-state index contributed by atoms with van der Waals surface area (Å²) in [6.45, 7) is 0. The van der Waals surface area contributed by atoms with E-state index in [1.165, 1.54) is 12.4 Å². The van der Waals surface area contributed by atoms with Gasteiger partial charge in [-0.05, 0) is 5.56 Å². The second-order valence-corrected chi connectivity index (χ2v) is 3.94. The molecule has 0 aliphatic rings. The van der Waals surface area contributed by atoms with Gasteiger partial charge in [0, 0.05) is 23.9 Å². The summed E-state index contributed by atoms with van der Waals surface area (Å²) >= 11 is 0. The third-order valence-corrected chi connectivity index (χ3v) is 2.74. The van der Waals surface area contributed by atoms with E-state index in [1.807, 2.05) is 0 Å². The third-order valence-electron chi connectivity index (χ3n) is 2.74. The van der Waals surface area contributed by atoms with Crippen molar-refractivity contribution in [2.75, 3.05) is 11.5 Å². The molecule has 7 heteroatoms. The lowest BCUT2D eigenvalue weighted by atomic mass is 10.0. The highest BCUT2D eigenvalue weighted by atomic mass is 19.1. The van der Waals surface area contributed by atoms with Crippen LogP contribution < -0.4 is 11.5 Å². The largest absolute Gasteiger partial charge is 0.437 e. The van der Waals surface area contributed by atoms with E-state index in [9.17, 15) is 8.78 Å².